The summed E-state index contributed by atoms with van der Waals surface area (Å²) in [5, 5.41) is 9.83. The number of hydrogen-bond donors (Lipinski definition) is 1. The van der Waals surface area contributed by atoms with Crippen LogP contribution >= 0.6 is 15.9 Å². The van der Waals surface area contributed by atoms with Crippen LogP contribution in [-0.2, 0) is 6.61 Å². The summed E-state index contributed by atoms with van der Waals surface area (Å²) in [5.74, 6) is 0.568. The Morgan fingerprint density at radius 1 is 1.54 bits per heavy atom. The molecule has 0 aromatic carbocycles. The van der Waals surface area contributed by atoms with Crippen LogP contribution in [0.2, 0.25) is 0 Å². The van der Waals surface area contributed by atoms with Crippen molar-refractivity contribution in [3.63, 3.8) is 0 Å². The van der Waals surface area contributed by atoms with Gasteiger partial charge in [0.25, 0.3) is 0 Å². The SMILES string of the molecule is Cc1nc(Br)cc2cc(CO)oc12. The van der Waals surface area contributed by atoms with E-state index in [1.54, 1.807) is 0 Å². The van der Waals surface area contributed by atoms with Gasteiger partial charge in [-0.15, -0.1) is 0 Å². The summed E-state index contributed by atoms with van der Waals surface area (Å²) >= 11 is 3.30. The molecule has 2 aromatic heterocycles. The fourth-order valence-corrected chi connectivity index (χ4v) is 1.81. The average molecular weight is 242 g/mol. The molecule has 0 saturated heterocycles. The molecule has 2 aromatic rings. The van der Waals surface area contributed by atoms with Crippen molar-refractivity contribution < 1.29 is 9.52 Å². The summed E-state index contributed by atoms with van der Waals surface area (Å²) < 4.78 is 6.15. The van der Waals surface area contributed by atoms with Gasteiger partial charge in [-0.25, -0.2) is 4.98 Å². The van der Waals surface area contributed by atoms with Gasteiger partial charge in [0.1, 0.15) is 17.0 Å². The largest absolute Gasteiger partial charge is 0.457 e. The van der Waals surface area contributed by atoms with E-state index in [0.29, 0.717) is 5.76 Å². The first-order valence-corrected chi connectivity index (χ1v) is 4.66. The molecule has 2 rings (SSSR count). The first kappa shape index (κ1) is 8.72. The Morgan fingerprint density at radius 2 is 2.31 bits per heavy atom. The fraction of sp³-hybridized carbons (Fsp3) is 0.222. The molecule has 13 heavy (non-hydrogen) atoms. The smallest absolute Gasteiger partial charge is 0.155 e. The first-order chi connectivity index (χ1) is 6.20. The van der Waals surface area contributed by atoms with E-state index in [4.69, 9.17) is 9.52 Å². The lowest BCUT2D eigenvalue weighted by Crippen LogP contribution is -1.81. The number of rotatable bonds is 1. The van der Waals surface area contributed by atoms with Crippen molar-refractivity contribution in [1.29, 1.82) is 0 Å². The summed E-state index contributed by atoms with van der Waals surface area (Å²) in [6.45, 7) is 1.80. The molecule has 3 nitrogen and oxygen atoms in total. The molecule has 0 aliphatic heterocycles. The normalized spacial score (nSPS) is 11.0. The molecule has 0 atom stereocenters. The number of aliphatic hydroxyl groups excluding tert-OH is 1. The van der Waals surface area contributed by atoms with Crippen molar-refractivity contribution in [3.8, 4) is 0 Å². The third-order valence-corrected chi connectivity index (χ3v) is 2.25. The number of fused-ring (bicyclic) bond motifs is 1. The van der Waals surface area contributed by atoms with Crippen molar-refractivity contribution in [2.24, 2.45) is 0 Å². The van der Waals surface area contributed by atoms with E-state index < -0.39 is 0 Å². The van der Waals surface area contributed by atoms with Gasteiger partial charge >= 0.3 is 0 Å². The zero-order chi connectivity index (χ0) is 9.42. The van der Waals surface area contributed by atoms with Crippen LogP contribution in [0.1, 0.15) is 11.5 Å². The number of aromatic nitrogens is 1. The highest BCUT2D eigenvalue weighted by molar-refractivity contribution is 9.10. The zero-order valence-electron chi connectivity index (χ0n) is 7.04. The lowest BCUT2D eigenvalue weighted by Gasteiger charge is -1.94. The van der Waals surface area contributed by atoms with Crippen LogP contribution in [0.5, 0.6) is 0 Å². The van der Waals surface area contributed by atoms with Crippen LogP contribution in [0, 0.1) is 6.92 Å². The second-order valence-electron chi connectivity index (χ2n) is 2.82. The minimum atomic E-state index is -0.0776. The number of furan rings is 1. The lowest BCUT2D eigenvalue weighted by molar-refractivity contribution is 0.251. The topological polar surface area (TPSA) is 46.3 Å². The average Bonchev–Trinajstić information content (AvgIpc) is 2.47. The van der Waals surface area contributed by atoms with E-state index in [2.05, 4.69) is 20.9 Å². The predicted molar refractivity (Wildman–Crippen MR) is 52.4 cm³/mol. The van der Waals surface area contributed by atoms with Gasteiger partial charge in [0.2, 0.25) is 0 Å². The Morgan fingerprint density at radius 3 is 3.00 bits per heavy atom. The molecule has 1 N–H and O–H groups in total. The van der Waals surface area contributed by atoms with Crippen LogP contribution in [0.4, 0.5) is 0 Å². The molecule has 0 radical (unpaired) electrons. The van der Waals surface area contributed by atoms with E-state index >= 15 is 0 Å². The van der Waals surface area contributed by atoms with Crippen LogP contribution < -0.4 is 0 Å². The van der Waals surface area contributed by atoms with Gasteiger partial charge in [0.15, 0.2) is 5.58 Å². The van der Waals surface area contributed by atoms with Gasteiger partial charge < -0.3 is 9.52 Å². The van der Waals surface area contributed by atoms with Crippen molar-refractivity contribution in [2.45, 2.75) is 13.5 Å². The molecule has 2 heterocycles. The molecule has 0 fully saturated rings. The maximum atomic E-state index is 8.87. The van der Waals surface area contributed by atoms with E-state index in [0.717, 1.165) is 21.3 Å². The fourth-order valence-electron chi connectivity index (χ4n) is 1.30. The Hall–Kier alpha value is -0.870. The number of hydrogen-bond acceptors (Lipinski definition) is 3. The highest BCUT2D eigenvalue weighted by Crippen LogP contribution is 2.24. The number of pyridine rings is 1. The van der Waals surface area contributed by atoms with Gasteiger partial charge in [0.05, 0.1) is 5.69 Å². The van der Waals surface area contributed by atoms with E-state index in [1.165, 1.54) is 0 Å². The van der Waals surface area contributed by atoms with E-state index in [9.17, 15) is 0 Å². The Labute approximate surface area is 83.5 Å². The quantitative estimate of drug-likeness (QED) is 0.781. The maximum absolute atomic E-state index is 8.87. The number of halogens is 1. The molecule has 0 spiro atoms. The first-order valence-electron chi connectivity index (χ1n) is 3.87. The Kier molecular flexibility index (Phi) is 2.09. The monoisotopic (exact) mass is 241 g/mol. The van der Waals surface area contributed by atoms with Crippen LogP contribution in [0.3, 0.4) is 0 Å². The van der Waals surface area contributed by atoms with E-state index in [-0.39, 0.29) is 6.61 Å². The second kappa shape index (κ2) is 3.12. The van der Waals surface area contributed by atoms with Crippen LogP contribution in [0.15, 0.2) is 21.2 Å². The summed E-state index contributed by atoms with van der Waals surface area (Å²) in [6, 6.07) is 3.68. The third-order valence-electron chi connectivity index (χ3n) is 1.85. The summed E-state index contributed by atoms with van der Waals surface area (Å²) in [7, 11) is 0. The Bertz CT molecular complexity index is 450. The highest BCUT2D eigenvalue weighted by Gasteiger charge is 2.07. The van der Waals surface area contributed by atoms with Gasteiger partial charge in [-0.2, -0.15) is 0 Å². The maximum Gasteiger partial charge on any atom is 0.155 e. The predicted octanol–water partition coefficient (Wildman–Crippen LogP) is 2.39. The molecular formula is C9H8BrNO2. The Balaban J connectivity index is 2.75. The number of nitrogens with zero attached hydrogens (tertiary/aromatic N) is 1. The molecule has 0 aliphatic carbocycles. The third kappa shape index (κ3) is 1.47. The molecule has 68 valence electrons. The molecule has 0 amide bonds. The van der Waals surface area contributed by atoms with Crippen LogP contribution in [0.25, 0.3) is 11.0 Å². The standard InChI is InChI=1S/C9H8BrNO2/c1-5-9-6(3-8(10)11-5)2-7(4-12)13-9/h2-3,12H,4H2,1H3. The summed E-state index contributed by atoms with van der Waals surface area (Å²) in [6.07, 6.45) is 0. The van der Waals surface area contributed by atoms with Gasteiger partial charge in [-0.1, -0.05) is 0 Å². The van der Waals surface area contributed by atoms with Gasteiger partial charge in [-0.3, -0.25) is 0 Å². The molecule has 4 heteroatoms. The number of aliphatic hydroxyl groups is 1. The second-order valence-corrected chi connectivity index (χ2v) is 3.63. The molecular weight excluding hydrogens is 234 g/mol. The molecule has 0 aliphatic rings. The summed E-state index contributed by atoms with van der Waals surface area (Å²) in [5.41, 5.74) is 1.57. The minimum Gasteiger partial charge on any atom is -0.457 e. The zero-order valence-corrected chi connectivity index (χ0v) is 8.63. The van der Waals surface area contributed by atoms with Crippen LogP contribution in [-0.4, -0.2) is 10.1 Å². The van der Waals surface area contributed by atoms with E-state index in [1.807, 2.05) is 19.1 Å². The molecule has 0 saturated carbocycles. The van der Waals surface area contributed by atoms with Gasteiger partial charge in [0, 0.05) is 5.39 Å². The van der Waals surface area contributed by atoms with Crippen molar-refractivity contribution in [3.05, 3.63) is 28.2 Å². The van der Waals surface area contributed by atoms with Gasteiger partial charge in [-0.05, 0) is 35.0 Å². The molecule has 0 bridgehead atoms. The van der Waals surface area contributed by atoms with Crippen molar-refractivity contribution >= 4 is 26.9 Å². The highest BCUT2D eigenvalue weighted by atomic mass is 79.9. The summed E-state index contributed by atoms with van der Waals surface area (Å²) in [4.78, 5) is 4.19. The number of aryl methyl sites for hydroxylation is 1. The van der Waals surface area contributed by atoms with Crippen molar-refractivity contribution in [1.82, 2.24) is 4.98 Å². The molecule has 0 unspecified atom stereocenters. The lowest BCUT2D eigenvalue weighted by atomic mass is 10.2. The minimum absolute atomic E-state index is 0.0776. The van der Waals surface area contributed by atoms with Crippen molar-refractivity contribution in [2.75, 3.05) is 0 Å².